The van der Waals surface area contributed by atoms with Crippen molar-refractivity contribution in [2.75, 3.05) is 46.5 Å². The molecule has 1 aliphatic heterocycles. The van der Waals surface area contributed by atoms with Gasteiger partial charge in [-0.05, 0) is 63.5 Å². The molecule has 2 N–H and O–H groups in total. The predicted octanol–water partition coefficient (Wildman–Crippen LogP) is 4.12. The maximum Gasteiger partial charge on any atom is 0.191 e. The zero-order chi connectivity index (χ0) is 21.9. The van der Waals surface area contributed by atoms with Gasteiger partial charge in [-0.25, -0.2) is 0 Å². The van der Waals surface area contributed by atoms with Gasteiger partial charge in [0.25, 0.3) is 0 Å². The fraction of sp³-hybridized carbons (Fsp3) is 0.542. The summed E-state index contributed by atoms with van der Waals surface area (Å²) in [7, 11) is 1.79. The van der Waals surface area contributed by atoms with Gasteiger partial charge in [0.1, 0.15) is 18.1 Å². The van der Waals surface area contributed by atoms with Crippen molar-refractivity contribution < 1.29 is 13.9 Å². The van der Waals surface area contributed by atoms with Gasteiger partial charge in [0.2, 0.25) is 0 Å². The number of rotatable bonds is 11. The zero-order valence-electron chi connectivity index (χ0n) is 19.4. The molecule has 0 aliphatic carbocycles. The molecule has 0 saturated carbocycles. The standard InChI is InChI=1S/C24H36N4O3.HI/c1-4-29-14-15-31-23-16-19(2)9-10-20(23)17-26-24(25-3)27-18-21(22-8-7-13-30-22)28-11-5-6-12-28;/h7-10,13,16,21H,4-6,11-12,14-15,17-18H2,1-3H3,(H2,25,26,27);1H. The molecule has 3 rings (SSSR count). The lowest BCUT2D eigenvalue weighted by Gasteiger charge is -2.26. The molecule has 1 aliphatic rings. The van der Waals surface area contributed by atoms with Crippen molar-refractivity contribution in [1.29, 1.82) is 0 Å². The molecule has 32 heavy (non-hydrogen) atoms. The van der Waals surface area contributed by atoms with Crippen LogP contribution in [0.25, 0.3) is 0 Å². The lowest BCUT2D eigenvalue weighted by atomic mass is 10.1. The second kappa shape index (κ2) is 14.4. The van der Waals surface area contributed by atoms with Crippen LogP contribution < -0.4 is 15.4 Å². The maximum absolute atomic E-state index is 5.96. The molecule has 1 aromatic heterocycles. The van der Waals surface area contributed by atoms with Gasteiger partial charge in [0, 0.05) is 32.3 Å². The summed E-state index contributed by atoms with van der Waals surface area (Å²) in [6, 6.07) is 10.5. The van der Waals surface area contributed by atoms with E-state index >= 15 is 0 Å². The van der Waals surface area contributed by atoms with Crippen LogP contribution in [0.15, 0.2) is 46.0 Å². The van der Waals surface area contributed by atoms with E-state index < -0.39 is 0 Å². The van der Waals surface area contributed by atoms with Crippen molar-refractivity contribution >= 4 is 29.9 Å². The van der Waals surface area contributed by atoms with Gasteiger partial charge >= 0.3 is 0 Å². The maximum atomic E-state index is 5.96. The Kier molecular flexibility index (Phi) is 11.9. The lowest BCUT2D eigenvalue weighted by Crippen LogP contribution is -2.42. The molecule has 0 spiro atoms. The minimum atomic E-state index is 0. The van der Waals surface area contributed by atoms with E-state index in [1.165, 1.54) is 18.4 Å². The Morgan fingerprint density at radius 1 is 1.19 bits per heavy atom. The molecular weight excluding hydrogens is 519 g/mol. The molecule has 1 fully saturated rings. The van der Waals surface area contributed by atoms with Crippen LogP contribution in [0.5, 0.6) is 5.75 Å². The fourth-order valence-electron chi connectivity index (χ4n) is 3.83. The van der Waals surface area contributed by atoms with Crippen LogP contribution in [0.3, 0.4) is 0 Å². The third kappa shape index (κ3) is 7.97. The van der Waals surface area contributed by atoms with E-state index in [1.54, 1.807) is 13.3 Å². The molecule has 178 valence electrons. The zero-order valence-corrected chi connectivity index (χ0v) is 21.8. The Bertz CT molecular complexity index is 808. The highest BCUT2D eigenvalue weighted by Crippen LogP contribution is 2.25. The second-order valence-corrected chi connectivity index (χ2v) is 7.74. The first kappa shape index (κ1) is 26.5. The van der Waals surface area contributed by atoms with E-state index in [1.807, 2.05) is 13.0 Å². The Hall–Kier alpha value is -1.78. The summed E-state index contributed by atoms with van der Waals surface area (Å²) < 4.78 is 17.1. The third-order valence-corrected chi connectivity index (χ3v) is 5.50. The van der Waals surface area contributed by atoms with Gasteiger partial charge in [0.15, 0.2) is 5.96 Å². The van der Waals surface area contributed by atoms with Crippen molar-refractivity contribution in [2.45, 2.75) is 39.3 Å². The SMILES string of the molecule is CCOCCOc1cc(C)ccc1CNC(=NC)NCC(c1ccco1)N1CCCC1.I. The average Bonchev–Trinajstić information content (AvgIpc) is 3.49. The van der Waals surface area contributed by atoms with Crippen LogP contribution in [0.2, 0.25) is 0 Å². The highest BCUT2D eigenvalue weighted by Gasteiger charge is 2.25. The molecule has 0 bridgehead atoms. The molecule has 8 heteroatoms. The van der Waals surface area contributed by atoms with Crippen LogP contribution in [0.1, 0.15) is 42.7 Å². The normalized spacial score (nSPS) is 15.3. The smallest absolute Gasteiger partial charge is 0.191 e. The quantitative estimate of drug-likeness (QED) is 0.188. The number of aliphatic imine (C=N–C) groups is 1. The molecule has 2 aromatic rings. The van der Waals surface area contributed by atoms with E-state index in [2.05, 4.69) is 51.7 Å². The molecule has 0 amide bonds. The van der Waals surface area contributed by atoms with E-state index in [0.717, 1.165) is 42.7 Å². The summed E-state index contributed by atoms with van der Waals surface area (Å²) in [4.78, 5) is 6.88. The first-order valence-corrected chi connectivity index (χ1v) is 11.2. The summed E-state index contributed by atoms with van der Waals surface area (Å²) in [6.45, 7) is 9.45. The molecule has 1 saturated heterocycles. The number of nitrogens with zero attached hydrogens (tertiary/aromatic N) is 2. The number of ether oxygens (including phenoxy) is 2. The van der Waals surface area contributed by atoms with Gasteiger partial charge < -0.3 is 24.5 Å². The van der Waals surface area contributed by atoms with E-state index in [9.17, 15) is 0 Å². The van der Waals surface area contributed by atoms with Crippen LogP contribution in [-0.2, 0) is 11.3 Å². The Labute approximate surface area is 209 Å². The monoisotopic (exact) mass is 556 g/mol. The Balaban J connectivity index is 0.00000363. The molecule has 1 unspecified atom stereocenters. The minimum Gasteiger partial charge on any atom is -0.491 e. The number of hydrogen-bond donors (Lipinski definition) is 2. The van der Waals surface area contributed by atoms with E-state index in [0.29, 0.717) is 26.4 Å². The number of furan rings is 1. The molecule has 7 nitrogen and oxygen atoms in total. The van der Waals surface area contributed by atoms with Gasteiger partial charge in [0.05, 0.1) is 18.9 Å². The third-order valence-electron chi connectivity index (χ3n) is 5.50. The van der Waals surface area contributed by atoms with Crippen LogP contribution in [0, 0.1) is 6.92 Å². The van der Waals surface area contributed by atoms with Crippen LogP contribution in [0.4, 0.5) is 0 Å². The topological polar surface area (TPSA) is 71.3 Å². The lowest BCUT2D eigenvalue weighted by molar-refractivity contribution is 0.110. The highest BCUT2D eigenvalue weighted by atomic mass is 127. The number of benzene rings is 1. The summed E-state index contributed by atoms with van der Waals surface area (Å²) in [5.41, 5.74) is 2.26. The number of nitrogens with one attached hydrogen (secondary N) is 2. The number of hydrogen-bond acceptors (Lipinski definition) is 5. The number of likely N-dealkylation sites (tertiary alicyclic amines) is 1. The van der Waals surface area contributed by atoms with Crippen molar-refractivity contribution in [2.24, 2.45) is 4.99 Å². The second-order valence-electron chi connectivity index (χ2n) is 7.74. The van der Waals surface area contributed by atoms with Crippen molar-refractivity contribution in [3.63, 3.8) is 0 Å². The molecular formula is C24H37IN4O3. The average molecular weight is 556 g/mol. The number of guanidine groups is 1. The number of aryl methyl sites for hydroxylation is 1. The van der Waals surface area contributed by atoms with Gasteiger partial charge in [-0.2, -0.15) is 0 Å². The van der Waals surface area contributed by atoms with Crippen LogP contribution >= 0.6 is 24.0 Å². The first-order chi connectivity index (χ1) is 15.2. The Morgan fingerprint density at radius 2 is 2.00 bits per heavy atom. The predicted molar refractivity (Wildman–Crippen MR) is 139 cm³/mol. The summed E-state index contributed by atoms with van der Waals surface area (Å²) in [6.07, 6.45) is 4.23. The minimum absolute atomic E-state index is 0. The first-order valence-electron chi connectivity index (χ1n) is 11.2. The molecule has 1 atom stereocenters. The summed E-state index contributed by atoms with van der Waals surface area (Å²) >= 11 is 0. The Morgan fingerprint density at radius 3 is 2.69 bits per heavy atom. The molecule has 1 aromatic carbocycles. The van der Waals surface area contributed by atoms with Crippen molar-refractivity contribution in [3.05, 3.63) is 53.5 Å². The molecule has 0 radical (unpaired) electrons. The summed E-state index contributed by atoms with van der Waals surface area (Å²) in [5, 5.41) is 6.89. The summed E-state index contributed by atoms with van der Waals surface area (Å²) in [5.74, 6) is 2.64. The fourth-order valence-corrected chi connectivity index (χ4v) is 3.83. The van der Waals surface area contributed by atoms with Crippen LogP contribution in [-0.4, -0.2) is 57.4 Å². The number of halogens is 1. The van der Waals surface area contributed by atoms with E-state index in [4.69, 9.17) is 13.9 Å². The van der Waals surface area contributed by atoms with Crippen molar-refractivity contribution in [1.82, 2.24) is 15.5 Å². The highest BCUT2D eigenvalue weighted by molar-refractivity contribution is 14.0. The largest absolute Gasteiger partial charge is 0.491 e. The van der Waals surface area contributed by atoms with Gasteiger partial charge in [-0.3, -0.25) is 9.89 Å². The van der Waals surface area contributed by atoms with Crippen molar-refractivity contribution in [3.8, 4) is 5.75 Å². The van der Waals surface area contributed by atoms with Gasteiger partial charge in [-0.15, -0.1) is 24.0 Å². The van der Waals surface area contributed by atoms with Gasteiger partial charge in [-0.1, -0.05) is 12.1 Å². The van der Waals surface area contributed by atoms with E-state index in [-0.39, 0.29) is 30.0 Å². The molecule has 2 heterocycles.